The van der Waals surface area contributed by atoms with Crippen LogP contribution in [0.15, 0.2) is 48.4 Å². The number of unbranched alkanes of at least 4 members (excludes halogenated alkanes) is 2. The van der Waals surface area contributed by atoms with Crippen LogP contribution in [0.2, 0.25) is 0 Å². The van der Waals surface area contributed by atoms with Crippen LogP contribution in [0.3, 0.4) is 0 Å². The standard InChI is InChI=1S/C13H16S/c1-2-3-4-5-6-7-8-10-13-11-9-12-14-13/h2,6-12H,1,3-5H2/b7-6+,10-8+. The lowest BCUT2D eigenvalue weighted by molar-refractivity contribution is 0.870. The van der Waals surface area contributed by atoms with Crippen LogP contribution in [0.5, 0.6) is 0 Å². The maximum atomic E-state index is 3.69. The fraction of sp³-hybridized carbons (Fsp3) is 0.231. The molecule has 14 heavy (non-hydrogen) atoms. The fourth-order valence-corrected chi connectivity index (χ4v) is 1.72. The molecular formula is C13H16S. The molecule has 1 rings (SSSR count). The van der Waals surface area contributed by atoms with Gasteiger partial charge in [-0.15, -0.1) is 17.9 Å². The van der Waals surface area contributed by atoms with Crippen molar-refractivity contribution in [1.82, 2.24) is 0 Å². The Balaban J connectivity index is 2.16. The van der Waals surface area contributed by atoms with Gasteiger partial charge >= 0.3 is 0 Å². The van der Waals surface area contributed by atoms with Crippen LogP contribution in [-0.4, -0.2) is 0 Å². The summed E-state index contributed by atoms with van der Waals surface area (Å²) in [5.74, 6) is 0. The van der Waals surface area contributed by atoms with Crippen LogP contribution in [0.4, 0.5) is 0 Å². The summed E-state index contributed by atoms with van der Waals surface area (Å²) < 4.78 is 0. The molecule has 1 heteroatoms. The van der Waals surface area contributed by atoms with Crippen molar-refractivity contribution >= 4 is 17.4 Å². The van der Waals surface area contributed by atoms with E-state index in [1.165, 1.54) is 11.3 Å². The van der Waals surface area contributed by atoms with Crippen molar-refractivity contribution in [2.75, 3.05) is 0 Å². The van der Waals surface area contributed by atoms with Gasteiger partial charge in [-0.2, -0.15) is 0 Å². The zero-order chi connectivity index (χ0) is 10.1. The lowest BCUT2D eigenvalue weighted by Crippen LogP contribution is -1.66. The van der Waals surface area contributed by atoms with E-state index in [2.05, 4.69) is 48.4 Å². The molecule has 74 valence electrons. The van der Waals surface area contributed by atoms with Crippen LogP contribution >= 0.6 is 11.3 Å². The van der Waals surface area contributed by atoms with Gasteiger partial charge in [-0.3, -0.25) is 0 Å². The molecule has 0 atom stereocenters. The van der Waals surface area contributed by atoms with E-state index >= 15 is 0 Å². The Labute approximate surface area is 90.3 Å². The van der Waals surface area contributed by atoms with Crippen molar-refractivity contribution in [1.29, 1.82) is 0 Å². The van der Waals surface area contributed by atoms with E-state index < -0.39 is 0 Å². The van der Waals surface area contributed by atoms with Crippen molar-refractivity contribution in [3.05, 3.63) is 53.3 Å². The summed E-state index contributed by atoms with van der Waals surface area (Å²) in [5.41, 5.74) is 0. The normalized spacial score (nSPS) is 11.4. The molecule has 0 N–H and O–H groups in total. The summed E-state index contributed by atoms with van der Waals surface area (Å²) in [6, 6.07) is 4.19. The van der Waals surface area contributed by atoms with Gasteiger partial charge in [0.25, 0.3) is 0 Å². The molecule has 0 saturated carbocycles. The molecular weight excluding hydrogens is 188 g/mol. The fourth-order valence-electron chi connectivity index (χ4n) is 1.09. The number of rotatable bonds is 6. The van der Waals surface area contributed by atoms with E-state index in [4.69, 9.17) is 0 Å². The first-order chi connectivity index (χ1) is 6.93. The first-order valence-electron chi connectivity index (χ1n) is 4.91. The molecule has 0 aliphatic rings. The average molecular weight is 204 g/mol. The van der Waals surface area contributed by atoms with Crippen molar-refractivity contribution < 1.29 is 0 Å². The van der Waals surface area contributed by atoms with Crippen LogP contribution in [-0.2, 0) is 0 Å². The summed E-state index contributed by atoms with van der Waals surface area (Å²) in [5, 5.41) is 2.09. The van der Waals surface area contributed by atoms with Crippen LogP contribution in [0.1, 0.15) is 24.1 Å². The first kappa shape index (κ1) is 11.0. The second-order valence-electron chi connectivity index (χ2n) is 3.02. The van der Waals surface area contributed by atoms with Gasteiger partial charge in [0.15, 0.2) is 0 Å². The van der Waals surface area contributed by atoms with Gasteiger partial charge in [-0.25, -0.2) is 0 Å². The smallest absolute Gasteiger partial charge is 0.0270 e. The zero-order valence-corrected chi connectivity index (χ0v) is 9.17. The Hall–Kier alpha value is -1.08. The van der Waals surface area contributed by atoms with Crippen molar-refractivity contribution in [2.45, 2.75) is 19.3 Å². The van der Waals surface area contributed by atoms with Gasteiger partial charge in [0, 0.05) is 4.88 Å². The monoisotopic (exact) mass is 204 g/mol. The largest absolute Gasteiger partial charge is 0.144 e. The molecule has 0 unspecified atom stereocenters. The predicted octanol–water partition coefficient (Wildman–Crippen LogP) is 4.67. The van der Waals surface area contributed by atoms with Crippen molar-refractivity contribution in [3.63, 3.8) is 0 Å². The minimum absolute atomic E-state index is 1.11. The lowest BCUT2D eigenvalue weighted by atomic mass is 10.2. The second kappa shape index (κ2) is 7.34. The second-order valence-corrected chi connectivity index (χ2v) is 4.00. The zero-order valence-electron chi connectivity index (χ0n) is 8.36. The molecule has 0 saturated heterocycles. The van der Waals surface area contributed by atoms with Gasteiger partial charge in [0.05, 0.1) is 0 Å². The highest BCUT2D eigenvalue weighted by molar-refractivity contribution is 7.10. The van der Waals surface area contributed by atoms with Crippen LogP contribution < -0.4 is 0 Å². The van der Waals surface area contributed by atoms with E-state index in [9.17, 15) is 0 Å². The molecule has 0 radical (unpaired) electrons. The van der Waals surface area contributed by atoms with E-state index in [1.807, 2.05) is 6.08 Å². The van der Waals surface area contributed by atoms with Crippen LogP contribution in [0, 0.1) is 0 Å². The summed E-state index contributed by atoms with van der Waals surface area (Å²) in [4.78, 5) is 1.31. The number of allylic oxidation sites excluding steroid dienone is 4. The van der Waals surface area contributed by atoms with E-state index in [0.29, 0.717) is 0 Å². The van der Waals surface area contributed by atoms with Gasteiger partial charge in [-0.05, 0) is 36.8 Å². The van der Waals surface area contributed by atoms with E-state index in [1.54, 1.807) is 11.3 Å². The van der Waals surface area contributed by atoms with E-state index in [0.717, 1.165) is 12.8 Å². The Kier molecular flexibility index (Phi) is 5.76. The summed E-state index contributed by atoms with van der Waals surface area (Å²) in [7, 11) is 0. The SMILES string of the molecule is C=CCCC/C=C/C=C/c1cccs1. The minimum atomic E-state index is 1.11. The Bertz CT molecular complexity index is 291. The first-order valence-corrected chi connectivity index (χ1v) is 5.79. The molecule has 0 aliphatic heterocycles. The minimum Gasteiger partial charge on any atom is -0.144 e. The summed E-state index contributed by atoms with van der Waals surface area (Å²) in [6.07, 6.45) is 14.0. The maximum absolute atomic E-state index is 3.69. The molecule has 1 aromatic rings. The lowest BCUT2D eigenvalue weighted by Gasteiger charge is -1.87. The van der Waals surface area contributed by atoms with Gasteiger partial charge < -0.3 is 0 Å². The molecule has 0 bridgehead atoms. The maximum Gasteiger partial charge on any atom is 0.0270 e. The molecule has 0 fully saturated rings. The molecule has 1 heterocycles. The number of hydrogen-bond acceptors (Lipinski definition) is 1. The third kappa shape index (κ3) is 4.83. The highest BCUT2D eigenvalue weighted by Gasteiger charge is 1.82. The topological polar surface area (TPSA) is 0 Å². The third-order valence-electron chi connectivity index (χ3n) is 1.83. The number of hydrogen-bond donors (Lipinski definition) is 0. The van der Waals surface area contributed by atoms with Gasteiger partial charge in [0.1, 0.15) is 0 Å². The highest BCUT2D eigenvalue weighted by Crippen LogP contribution is 2.10. The molecule has 0 nitrogen and oxygen atoms in total. The van der Waals surface area contributed by atoms with Crippen LogP contribution in [0.25, 0.3) is 6.08 Å². The van der Waals surface area contributed by atoms with Gasteiger partial charge in [-0.1, -0.05) is 30.4 Å². The van der Waals surface area contributed by atoms with E-state index in [-0.39, 0.29) is 0 Å². The Morgan fingerprint density at radius 1 is 1.29 bits per heavy atom. The summed E-state index contributed by atoms with van der Waals surface area (Å²) >= 11 is 1.76. The molecule has 1 aromatic heterocycles. The third-order valence-corrected chi connectivity index (χ3v) is 2.67. The molecule has 0 spiro atoms. The molecule has 0 aliphatic carbocycles. The van der Waals surface area contributed by atoms with Crippen molar-refractivity contribution in [2.24, 2.45) is 0 Å². The Morgan fingerprint density at radius 2 is 2.21 bits per heavy atom. The highest BCUT2D eigenvalue weighted by atomic mass is 32.1. The molecule has 0 amide bonds. The van der Waals surface area contributed by atoms with Gasteiger partial charge in [0.2, 0.25) is 0 Å². The molecule has 0 aromatic carbocycles. The van der Waals surface area contributed by atoms with Crippen molar-refractivity contribution in [3.8, 4) is 0 Å². The number of thiophene rings is 1. The quantitative estimate of drug-likeness (QED) is 0.359. The predicted molar refractivity (Wildman–Crippen MR) is 66.5 cm³/mol. The average Bonchev–Trinajstić information content (AvgIpc) is 2.69. The summed E-state index contributed by atoms with van der Waals surface area (Å²) in [6.45, 7) is 3.69. The Morgan fingerprint density at radius 3 is 2.93 bits per heavy atom.